The highest BCUT2D eigenvalue weighted by molar-refractivity contribution is 5.99. The predicted molar refractivity (Wildman–Crippen MR) is 78.7 cm³/mol. The van der Waals surface area contributed by atoms with Gasteiger partial charge in [-0.15, -0.1) is 0 Å². The van der Waals surface area contributed by atoms with Gasteiger partial charge < -0.3 is 14.8 Å². The number of aliphatic hydroxyl groups excluding tert-OH is 1. The molecule has 114 valence electrons. The van der Waals surface area contributed by atoms with Crippen LogP contribution in [0.25, 0.3) is 11.0 Å². The van der Waals surface area contributed by atoms with E-state index in [4.69, 9.17) is 9.52 Å². The van der Waals surface area contributed by atoms with Gasteiger partial charge in [0.1, 0.15) is 0 Å². The van der Waals surface area contributed by atoms with Gasteiger partial charge in [-0.2, -0.15) is 0 Å². The quantitative estimate of drug-likeness (QED) is 0.890. The van der Waals surface area contributed by atoms with Gasteiger partial charge in [-0.3, -0.25) is 4.79 Å². The van der Waals surface area contributed by atoms with Crippen LogP contribution in [-0.2, 0) is 0 Å². The number of aryl methyl sites for hydroxylation is 1. The fourth-order valence-electron chi connectivity index (χ4n) is 2.37. The summed E-state index contributed by atoms with van der Waals surface area (Å²) in [5, 5.41) is 12.5. The standard InChI is InChI=1S/C16H20FNO3/c1-9(2)13(7-8-19)18-16(20)14-10(3)11-5-4-6-12(17)15(11)21-14/h4-6,9,13,19H,7-8H2,1-3H3,(H,18,20). The van der Waals surface area contributed by atoms with E-state index in [2.05, 4.69) is 5.32 Å². The van der Waals surface area contributed by atoms with Crippen molar-refractivity contribution in [1.29, 1.82) is 0 Å². The molecule has 1 aromatic heterocycles. The third-order valence-electron chi connectivity index (χ3n) is 3.68. The number of para-hydroxylation sites is 1. The molecule has 21 heavy (non-hydrogen) atoms. The lowest BCUT2D eigenvalue weighted by atomic mass is 10.0. The second-order valence-corrected chi connectivity index (χ2v) is 5.51. The lowest BCUT2D eigenvalue weighted by Crippen LogP contribution is -2.39. The minimum atomic E-state index is -0.481. The molecule has 0 aliphatic heterocycles. The average molecular weight is 293 g/mol. The number of furan rings is 1. The van der Waals surface area contributed by atoms with E-state index in [0.29, 0.717) is 17.4 Å². The van der Waals surface area contributed by atoms with Crippen LogP contribution in [-0.4, -0.2) is 23.7 Å². The molecule has 2 N–H and O–H groups in total. The van der Waals surface area contributed by atoms with Gasteiger partial charge in [0.15, 0.2) is 17.2 Å². The molecule has 1 amide bonds. The number of amides is 1. The summed E-state index contributed by atoms with van der Waals surface area (Å²) in [7, 11) is 0. The number of carbonyl (C=O) groups is 1. The van der Waals surface area contributed by atoms with E-state index in [9.17, 15) is 9.18 Å². The van der Waals surface area contributed by atoms with Gasteiger partial charge in [0.25, 0.3) is 5.91 Å². The van der Waals surface area contributed by atoms with Gasteiger partial charge in [-0.1, -0.05) is 26.0 Å². The molecule has 0 radical (unpaired) electrons. The first-order valence-corrected chi connectivity index (χ1v) is 7.05. The first-order valence-electron chi connectivity index (χ1n) is 7.05. The number of hydrogen-bond acceptors (Lipinski definition) is 3. The number of hydrogen-bond donors (Lipinski definition) is 2. The fourth-order valence-corrected chi connectivity index (χ4v) is 2.37. The molecule has 0 spiro atoms. The average Bonchev–Trinajstić information content (AvgIpc) is 2.77. The zero-order valence-electron chi connectivity index (χ0n) is 12.4. The summed E-state index contributed by atoms with van der Waals surface area (Å²) in [6.07, 6.45) is 0.469. The van der Waals surface area contributed by atoms with Crippen molar-refractivity contribution < 1.29 is 18.7 Å². The Morgan fingerprint density at radius 2 is 2.14 bits per heavy atom. The Morgan fingerprint density at radius 3 is 2.71 bits per heavy atom. The first kappa shape index (κ1) is 15.5. The van der Waals surface area contributed by atoms with Crippen LogP contribution in [0.2, 0.25) is 0 Å². The van der Waals surface area contributed by atoms with Gasteiger partial charge in [0, 0.05) is 23.6 Å². The summed E-state index contributed by atoms with van der Waals surface area (Å²) in [6, 6.07) is 4.46. The van der Waals surface area contributed by atoms with Crippen molar-refractivity contribution in [1.82, 2.24) is 5.32 Å². The topological polar surface area (TPSA) is 62.5 Å². The molecule has 2 aromatic rings. The molecule has 0 aliphatic carbocycles. The molecule has 2 rings (SSSR count). The second kappa shape index (κ2) is 6.26. The van der Waals surface area contributed by atoms with Crippen LogP contribution in [0.3, 0.4) is 0 Å². The van der Waals surface area contributed by atoms with E-state index in [1.54, 1.807) is 19.1 Å². The van der Waals surface area contributed by atoms with Gasteiger partial charge in [-0.05, 0) is 25.3 Å². The van der Waals surface area contributed by atoms with Crippen LogP contribution in [0.15, 0.2) is 22.6 Å². The monoisotopic (exact) mass is 293 g/mol. The maximum Gasteiger partial charge on any atom is 0.287 e. The Labute approximate surface area is 122 Å². The number of rotatable bonds is 5. The Balaban J connectivity index is 2.31. The number of carbonyl (C=O) groups excluding carboxylic acids is 1. The lowest BCUT2D eigenvalue weighted by Gasteiger charge is -2.20. The number of benzene rings is 1. The number of nitrogens with one attached hydrogen (secondary N) is 1. The Hall–Kier alpha value is -1.88. The van der Waals surface area contributed by atoms with Crippen LogP contribution in [0.1, 0.15) is 36.4 Å². The van der Waals surface area contributed by atoms with Crippen molar-refractivity contribution in [3.63, 3.8) is 0 Å². The lowest BCUT2D eigenvalue weighted by molar-refractivity contribution is 0.0889. The number of fused-ring (bicyclic) bond motifs is 1. The molecule has 0 aliphatic rings. The molecule has 0 bridgehead atoms. The molecule has 4 nitrogen and oxygen atoms in total. The summed E-state index contributed by atoms with van der Waals surface area (Å²) >= 11 is 0. The Bertz CT molecular complexity index is 648. The van der Waals surface area contributed by atoms with Crippen molar-refractivity contribution in [2.24, 2.45) is 5.92 Å². The molecule has 1 heterocycles. The SMILES string of the molecule is Cc1c(C(=O)NC(CCO)C(C)C)oc2c(F)cccc12. The highest BCUT2D eigenvalue weighted by atomic mass is 19.1. The summed E-state index contributed by atoms with van der Waals surface area (Å²) < 4.78 is 19.1. The van der Waals surface area contributed by atoms with Gasteiger partial charge >= 0.3 is 0 Å². The van der Waals surface area contributed by atoms with E-state index >= 15 is 0 Å². The summed E-state index contributed by atoms with van der Waals surface area (Å²) in [5.74, 6) is -0.554. The minimum Gasteiger partial charge on any atom is -0.448 e. The van der Waals surface area contributed by atoms with Crippen molar-refractivity contribution in [2.45, 2.75) is 33.2 Å². The molecule has 0 fully saturated rings. The number of halogens is 1. The molecule has 5 heteroatoms. The molecule has 1 aromatic carbocycles. The van der Waals surface area contributed by atoms with Gasteiger partial charge in [0.2, 0.25) is 0 Å². The highest BCUT2D eigenvalue weighted by Gasteiger charge is 2.23. The second-order valence-electron chi connectivity index (χ2n) is 5.51. The maximum absolute atomic E-state index is 13.7. The normalized spacial score (nSPS) is 12.9. The van der Waals surface area contributed by atoms with E-state index in [0.717, 1.165) is 0 Å². The van der Waals surface area contributed by atoms with E-state index < -0.39 is 5.82 Å². The van der Waals surface area contributed by atoms with Crippen LogP contribution in [0.4, 0.5) is 4.39 Å². The molecule has 0 saturated heterocycles. The molecular formula is C16H20FNO3. The van der Waals surface area contributed by atoms with E-state index in [1.165, 1.54) is 6.07 Å². The zero-order valence-corrected chi connectivity index (χ0v) is 12.4. The molecule has 1 unspecified atom stereocenters. The first-order chi connectivity index (χ1) is 9.95. The third-order valence-corrected chi connectivity index (χ3v) is 3.68. The van der Waals surface area contributed by atoms with Crippen molar-refractivity contribution in [3.8, 4) is 0 Å². The number of aliphatic hydroxyl groups is 1. The highest BCUT2D eigenvalue weighted by Crippen LogP contribution is 2.27. The predicted octanol–water partition coefficient (Wildman–Crippen LogP) is 3.02. The fraction of sp³-hybridized carbons (Fsp3) is 0.438. The largest absolute Gasteiger partial charge is 0.448 e. The van der Waals surface area contributed by atoms with Crippen LogP contribution < -0.4 is 5.32 Å². The summed E-state index contributed by atoms with van der Waals surface area (Å²) in [6.45, 7) is 5.66. The zero-order chi connectivity index (χ0) is 15.6. The van der Waals surface area contributed by atoms with Crippen LogP contribution in [0, 0.1) is 18.7 Å². The summed E-state index contributed by atoms with van der Waals surface area (Å²) in [5.41, 5.74) is 0.719. The third kappa shape index (κ3) is 3.08. The van der Waals surface area contributed by atoms with Crippen molar-refractivity contribution in [3.05, 3.63) is 35.3 Å². The Morgan fingerprint density at radius 1 is 1.43 bits per heavy atom. The van der Waals surface area contributed by atoms with Gasteiger partial charge in [0.05, 0.1) is 0 Å². The molecule has 0 saturated carbocycles. The molecule has 1 atom stereocenters. The van der Waals surface area contributed by atoms with Crippen LogP contribution >= 0.6 is 0 Å². The van der Waals surface area contributed by atoms with E-state index in [-0.39, 0.29) is 35.8 Å². The van der Waals surface area contributed by atoms with Gasteiger partial charge in [-0.25, -0.2) is 4.39 Å². The molecular weight excluding hydrogens is 273 g/mol. The van der Waals surface area contributed by atoms with E-state index in [1.807, 2.05) is 13.8 Å². The smallest absolute Gasteiger partial charge is 0.287 e. The maximum atomic E-state index is 13.7. The Kier molecular flexibility index (Phi) is 4.63. The van der Waals surface area contributed by atoms with Crippen LogP contribution in [0.5, 0.6) is 0 Å². The van der Waals surface area contributed by atoms with Crippen molar-refractivity contribution in [2.75, 3.05) is 6.61 Å². The minimum absolute atomic E-state index is 0.00311. The van der Waals surface area contributed by atoms with Crippen molar-refractivity contribution >= 4 is 16.9 Å². The summed E-state index contributed by atoms with van der Waals surface area (Å²) in [4.78, 5) is 12.3.